The third-order valence-electron chi connectivity index (χ3n) is 2.97. The highest BCUT2D eigenvalue weighted by Gasteiger charge is 2.10. The zero-order valence-electron chi connectivity index (χ0n) is 12.2. The first-order valence-corrected chi connectivity index (χ1v) is 7.78. The number of benzene rings is 1. The standard InChI is InChI=1S/C15H17BrClN3O/c1-9(2)15-19-13(16)7-14(20-15)18-8-10-11(17)5-4-6-12(10)21-3/h4-7,9H,8H2,1-3H3,(H,18,19,20). The van der Waals surface area contributed by atoms with Crippen LogP contribution in [0.3, 0.4) is 0 Å². The van der Waals surface area contributed by atoms with Gasteiger partial charge in [-0.15, -0.1) is 0 Å². The summed E-state index contributed by atoms with van der Waals surface area (Å²) in [6.07, 6.45) is 0. The first kappa shape index (κ1) is 16.0. The summed E-state index contributed by atoms with van der Waals surface area (Å²) in [7, 11) is 1.63. The molecule has 1 heterocycles. The summed E-state index contributed by atoms with van der Waals surface area (Å²) in [4.78, 5) is 8.85. The topological polar surface area (TPSA) is 47.0 Å². The van der Waals surface area contributed by atoms with Crippen molar-refractivity contribution in [1.82, 2.24) is 9.97 Å². The molecule has 6 heteroatoms. The summed E-state index contributed by atoms with van der Waals surface area (Å²) in [5.74, 6) is 2.56. The average molecular weight is 371 g/mol. The minimum atomic E-state index is 0.262. The molecule has 0 aliphatic carbocycles. The van der Waals surface area contributed by atoms with Gasteiger partial charge in [-0.2, -0.15) is 0 Å². The predicted molar refractivity (Wildman–Crippen MR) is 89.2 cm³/mol. The molecule has 2 aromatic rings. The molecule has 0 unspecified atom stereocenters. The second-order valence-electron chi connectivity index (χ2n) is 4.86. The van der Waals surface area contributed by atoms with Crippen LogP contribution in [-0.4, -0.2) is 17.1 Å². The maximum Gasteiger partial charge on any atom is 0.134 e. The van der Waals surface area contributed by atoms with Crippen molar-refractivity contribution in [2.24, 2.45) is 0 Å². The SMILES string of the molecule is COc1cccc(Cl)c1CNc1cc(Br)nc(C(C)C)n1. The Kier molecular flexibility index (Phi) is 5.42. The van der Waals surface area contributed by atoms with Crippen LogP contribution in [0.5, 0.6) is 5.75 Å². The van der Waals surface area contributed by atoms with Gasteiger partial charge in [-0.05, 0) is 28.1 Å². The molecule has 112 valence electrons. The van der Waals surface area contributed by atoms with Crippen LogP contribution in [0.25, 0.3) is 0 Å². The molecule has 1 aromatic carbocycles. The average Bonchev–Trinajstić information content (AvgIpc) is 2.45. The molecule has 4 nitrogen and oxygen atoms in total. The Labute approximate surface area is 138 Å². The molecule has 0 radical (unpaired) electrons. The van der Waals surface area contributed by atoms with Gasteiger partial charge in [-0.1, -0.05) is 31.5 Å². The van der Waals surface area contributed by atoms with E-state index in [2.05, 4.69) is 45.1 Å². The van der Waals surface area contributed by atoms with Gasteiger partial charge >= 0.3 is 0 Å². The highest BCUT2D eigenvalue weighted by Crippen LogP contribution is 2.27. The van der Waals surface area contributed by atoms with E-state index in [9.17, 15) is 0 Å². The number of hydrogen-bond donors (Lipinski definition) is 1. The molecule has 0 bridgehead atoms. The van der Waals surface area contributed by atoms with Crippen molar-refractivity contribution < 1.29 is 4.74 Å². The zero-order chi connectivity index (χ0) is 15.4. The van der Waals surface area contributed by atoms with Crippen molar-refractivity contribution in [3.8, 4) is 5.75 Å². The first-order valence-electron chi connectivity index (χ1n) is 6.61. The van der Waals surface area contributed by atoms with Gasteiger partial charge in [0.15, 0.2) is 0 Å². The van der Waals surface area contributed by atoms with Crippen molar-refractivity contribution in [3.05, 3.63) is 45.3 Å². The van der Waals surface area contributed by atoms with Gasteiger partial charge in [0.1, 0.15) is 22.0 Å². The third-order valence-corrected chi connectivity index (χ3v) is 3.73. The minimum absolute atomic E-state index is 0.262. The second kappa shape index (κ2) is 7.09. The van der Waals surface area contributed by atoms with Gasteiger partial charge in [-0.3, -0.25) is 0 Å². The van der Waals surface area contributed by atoms with E-state index in [4.69, 9.17) is 16.3 Å². The predicted octanol–water partition coefficient (Wildman–Crippen LogP) is 4.64. The van der Waals surface area contributed by atoms with E-state index in [1.54, 1.807) is 7.11 Å². The molecule has 0 atom stereocenters. The summed E-state index contributed by atoms with van der Waals surface area (Å²) < 4.78 is 6.09. The van der Waals surface area contributed by atoms with Crippen molar-refractivity contribution in [2.45, 2.75) is 26.3 Å². The largest absolute Gasteiger partial charge is 0.496 e. The van der Waals surface area contributed by atoms with Crippen LogP contribution in [0.15, 0.2) is 28.9 Å². The first-order chi connectivity index (χ1) is 10.0. The molecule has 0 aliphatic heterocycles. The Morgan fingerprint density at radius 3 is 2.76 bits per heavy atom. The maximum atomic E-state index is 6.23. The van der Waals surface area contributed by atoms with Crippen molar-refractivity contribution >= 4 is 33.3 Å². The third kappa shape index (κ3) is 4.08. The lowest BCUT2D eigenvalue weighted by Gasteiger charge is -2.13. The Bertz CT molecular complexity index is 634. The summed E-state index contributed by atoms with van der Waals surface area (Å²) in [6, 6.07) is 7.44. The Morgan fingerprint density at radius 2 is 2.10 bits per heavy atom. The van der Waals surface area contributed by atoms with E-state index in [1.165, 1.54) is 0 Å². The van der Waals surface area contributed by atoms with Crippen molar-refractivity contribution in [3.63, 3.8) is 0 Å². The highest BCUT2D eigenvalue weighted by atomic mass is 79.9. The lowest BCUT2D eigenvalue weighted by Crippen LogP contribution is -2.07. The number of aromatic nitrogens is 2. The normalized spacial score (nSPS) is 10.8. The van der Waals surface area contributed by atoms with E-state index >= 15 is 0 Å². The Hall–Kier alpha value is -1.33. The number of hydrogen-bond acceptors (Lipinski definition) is 4. The van der Waals surface area contributed by atoms with Crippen LogP contribution >= 0.6 is 27.5 Å². The molecule has 21 heavy (non-hydrogen) atoms. The summed E-state index contributed by atoms with van der Waals surface area (Å²) in [5.41, 5.74) is 0.905. The van der Waals surface area contributed by atoms with Crippen LogP contribution in [0, 0.1) is 0 Å². The minimum Gasteiger partial charge on any atom is -0.496 e. The number of nitrogens with zero attached hydrogens (tertiary/aromatic N) is 2. The molecule has 1 aromatic heterocycles. The fourth-order valence-corrected chi connectivity index (χ4v) is 2.50. The van der Waals surface area contributed by atoms with Gasteiger partial charge < -0.3 is 10.1 Å². The van der Waals surface area contributed by atoms with Gasteiger partial charge in [0, 0.05) is 29.1 Å². The number of rotatable bonds is 5. The van der Waals surface area contributed by atoms with Gasteiger partial charge in [0.2, 0.25) is 0 Å². The van der Waals surface area contributed by atoms with Crippen LogP contribution in [-0.2, 0) is 6.54 Å². The van der Waals surface area contributed by atoms with E-state index in [1.807, 2.05) is 24.3 Å². The molecule has 0 amide bonds. The van der Waals surface area contributed by atoms with E-state index in [-0.39, 0.29) is 5.92 Å². The lowest BCUT2D eigenvalue weighted by molar-refractivity contribution is 0.410. The molecule has 0 aliphatic rings. The quantitative estimate of drug-likeness (QED) is 0.779. The highest BCUT2D eigenvalue weighted by molar-refractivity contribution is 9.10. The monoisotopic (exact) mass is 369 g/mol. The van der Waals surface area contributed by atoms with E-state index in [0.717, 1.165) is 27.6 Å². The number of halogens is 2. The summed E-state index contributed by atoms with van der Waals surface area (Å²) in [6.45, 7) is 4.65. The fraction of sp³-hybridized carbons (Fsp3) is 0.333. The molecule has 0 saturated carbocycles. The van der Waals surface area contributed by atoms with Crippen LogP contribution < -0.4 is 10.1 Å². The van der Waals surface area contributed by atoms with Gasteiger partial charge in [-0.25, -0.2) is 9.97 Å². The number of nitrogens with one attached hydrogen (secondary N) is 1. The Morgan fingerprint density at radius 1 is 1.33 bits per heavy atom. The van der Waals surface area contributed by atoms with E-state index in [0.29, 0.717) is 11.6 Å². The Balaban J connectivity index is 2.21. The molecular formula is C15H17BrClN3O. The number of anilines is 1. The van der Waals surface area contributed by atoms with E-state index < -0.39 is 0 Å². The van der Waals surface area contributed by atoms with Crippen molar-refractivity contribution in [1.29, 1.82) is 0 Å². The number of ether oxygens (including phenoxy) is 1. The van der Waals surface area contributed by atoms with Crippen LogP contribution in [0.2, 0.25) is 5.02 Å². The van der Waals surface area contributed by atoms with Crippen LogP contribution in [0.4, 0.5) is 5.82 Å². The van der Waals surface area contributed by atoms with Gasteiger partial charge in [0.05, 0.1) is 7.11 Å². The van der Waals surface area contributed by atoms with Gasteiger partial charge in [0.25, 0.3) is 0 Å². The summed E-state index contributed by atoms with van der Waals surface area (Å²) in [5, 5.41) is 3.93. The smallest absolute Gasteiger partial charge is 0.134 e. The maximum absolute atomic E-state index is 6.23. The molecule has 0 fully saturated rings. The molecular weight excluding hydrogens is 354 g/mol. The molecule has 1 N–H and O–H groups in total. The molecule has 0 spiro atoms. The molecule has 0 saturated heterocycles. The second-order valence-corrected chi connectivity index (χ2v) is 6.08. The fourth-order valence-electron chi connectivity index (χ4n) is 1.86. The molecule has 2 rings (SSSR count). The zero-order valence-corrected chi connectivity index (χ0v) is 14.5. The summed E-state index contributed by atoms with van der Waals surface area (Å²) >= 11 is 9.63. The lowest BCUT2D eigenvalue weighted by atomic mass is 10.2. The van der Waals surface area contributed by atoms with Crippen LogP contribution in [0.1, 0.15) is 31.2 Å². The number of methoxy groups -OCH3 is 1. The van der Waals surface area contributed by atoms with Crippen molar-refractivity contribution in [2.75, 3.05) is 12.4 Å².